The third-order valence-corrected chi connectivity index (χ3v) is 5.33. The fourth-order valence-electron chi connectivity index (χ4n) is 3.80. The highest BCUT2D eigenvalue weighted by Gasteiger charge is 2.30. The molecule has 0 fully saturated rings. The lowest BCUT2D eigenvalue weighted by atomic mass is 9.89. The SMILES string of the molecule is C[C@@H](NC(=O)C[C@@H]1Oc2ccccc2NC1=O)c1ccc2c(c1)CCCC2. The molecule has 4 rings (SSSR count). The van der Waals surface area contributed by atoms with Gasteiger partial charge in [0, 0.05) is 0 Å². The molecule has 27 heavy (non-hydrogen) atoms. The van der Waals surface area contributed by atoms with Gasteiger partial charge in [0.15, 0.2) is 6.10 Å². The summed E-state index contributed by atoms with van der Waals surface area (Å²) in [7, 11) is 0. The Morgan fingerprint density at radius 2 is 1.96 bits per heavy atom. The second kappa shape index (κ2) is 7.43. The fourth-order valence-corrected chi connectivity index (χ4v) is 3.80. The average Bonchev–Trinajstić information content (AvgIpc) is 2.68. The van der Waals surface area contributed by atoms with E-state index < -0.39 is 6.10 Å². The van der Waals surface area contributed by atoms with Gasteiger partial charge in [-0.25, -0.2) is 0 Å². The Kier molecular flexibility index (Phi) is 4.84. The van der Waals surface area contributed by atoms with Crippen LogP contribution in [0, 0.1) is 0 Å². The number of anilines is 1. The molecule has 1 aliphatic heterocycles. The third-order valence-electron chi connectivity index (χ3n) is 5.33. The molecule has 0 saturated heterocycles. The maximum atomic E-state index is 12.5. The van der Waals surface area contributed by atoms with Gasteiger partial charge in [-0.05, 0) is 61.4 Å². The standard InChI is InChI=1S/C22H24N2O3/c1-14(16-11-10-15-6-2-3-7-17(15)12-16)23-21(25)13-20-22(26)24-18-8-4-5-9-19(18)27-20/h4-5,8-12,14,20H,2-3,6-7,13H2,1H3,(H,23,25)(H,24,26)/t14-,20+/m1/s1. The Labute approximate surface area is 159 Å². The van der Waals surface area contributed by atoms with Gasteiger partial charge in [0.25, 0.3) is 5.91 Å². The molecule has 2 aromatic rings. The van der Waals surface area contributed by atoms with Gasteiger partial charge in [0.1, 0.15) is 5.75 Å². The van der Waals surface area contributed by atoms with Crippen molar-refractivity contribution in [2.24, 2.45) is 0 Å². The van der Waals surface area contributed by atoms with Crippen LogP contribution in [-0.2, 0) is 22.4 Å². The number of ether oxygens (including phenoxy) is 1. The number of hydrogen-bond donors (Lipinski definition) is 2. The van der Waals surface area contributed by atoms with Crippen molar-refractivity contribution in [2.75, 3.05) is 5.32 Å². The summed E-state index contributed by atoms with van der Waals surface area (Å²) in [5, 5.41) is 5.79. The first-order valence-electron chi connectivity index (χ1n) is 9.58. The first-order chi connectivity index (χ1) is 13.1. The minimum absolute atomic E-state index is 0.00452. The van der Waals surface area contributed by atoms with Crippen molar-refractivity contribution in [3.63, 3.8) is 0 Å². The molecule has 1 aliphatic carbocycles. The van der Waals surface area contributed by atoms with E-state index in [4.69, 9.17) is 4.74 Å². The van der Waals surface area contributed by atoms with Crippen LogP contribution in [0.3, 0.4) is 0 Å². The van der Waals surface area contributed by atoms with E-state index in [2.05, 4.69) is 28.8 Å². The van der Waals surface area contributed by atoms with Crippen LogP contribution < -0.4 is 15.4 Å². The minimum Gasteiger partial charge on any atom is -0.478 e. The van der Waals surface area contributed by atoms with E-state index in [1.807, 2.05) is 19.1 Å². The number of carbonyl (C=O) groups is 2. The summed E-state index contributed by atoms with van der Waals surface area (Å²) < 4.78 is 5.70. The van der Waals surface area contributed by atoms with Crippen LogP contribution in [0.15, 0.2) is 42.5 Å². The zero-order chi connectivity index (χ0) is 18.8. The third kappa shape index (κ3) is 3.82. The summed E-state index contributed by atoms with van der Waals surface area (Å²) in [5.74, 6) is 0.114. The first-order valence-corrected chi connectivity index (χ1v) is 9.58. The average molecular weight is 364 g/mol. The number of para-hydroxylation sites is 2. The van der Waals surface area contributed by atoms with Crippen molar-refractivity contribution in [3.05, 3.63) is 59.2 Å². The molecule has 0 unspecified atom stereocenters. The molecule has 0 spiro atoms. The Balaban J connectivity index is 1.38. The lowest BCUT2D eigenvalue weighted by Crippen LogP contribution is -2.41. The summed E-state index contributed by atoms with van der Waals surface area (Å²) in [5.41, 5.74) is 4.56. The van der Waals surface area contributed by atoms with E-state index in [0.717, 1.165) is 18.4 Å². The molecule has 2 atom stereocenters. The summed E-state index contributed by atoms with van der Waals surface area (Å²) in [6.45, 7) is 1.97. The zero-order valence-electron chi connectivity index (χ0n) is 15.5. The number of carbonyl (C=O) groups excluding carboxylic acids is 2. The Morgan fingerprint density at radius 3 is 2.81 bits per heavy atom. The molecule has 0 radical (unpaired) electrons. The second-order valence-corrected chi connectivity index (χ2v) is 7.32. The molecule has 2 N–H and O–H groups in total. The largest absolute Gasteiger partial charge is 0.478 e. The van der Waals surface area contributed by atoms with E-state index in [1.54, 1.807) is 12.1 Å². The van der Waals surface area contributed by atoms with Gasteiger partial charge in [-0.3, -0.25) is 9.59 Å². The molecular weight excluding hydrogens is 340 g/mol. The van der Waals surface area contributed by atoms with Crippen LogP contribution in [0.25, 0.3) is 0 Å². The zero-order valence-corrected chi connectivity index (χ0v) is 15.5. The molecule has 5 heteroatoms. The fraction of sp³-hybridized carbons (Fsp3) is 0.364. The van der Waals surface area contributed by atoms with E-state index >= 15 is 0 Å². The van der Waals surface area contributed by atoms with E-state index in [0.29, 0.717) is 11.4 Å². The van der Waals surface area contributed by atoms with Gasteiger partial charge < -0.3 is 15.4 Å². The van der Waals surface area contributed by atoms with Gasteiger partial charge in [-0.1, -0.05) is 30.3 Å². The summed E-state index contributed by atoms with van der Waals surface area (Å²) in [6.07, 6.45) is 3.93. The number of fused-ring (bicyclic) bond motifs is 2. The lowest BCUT2D eigenvalue weighted by Gasteiger charge is -2.26. The topological polar surface area (TPSA) is 67.4 Å². The number of hydrogen-bond acceptors (Lipinski definition) is 3. The van der Waals surface area contributed by atoms with Crippen LogP contribution in [0.4, 0.5) is 5.69 Å². The van der Waals surface area contributed by atoms with Crippen molar-refractivity contribution in [2.45, 2.75) is 51.2 Å². The maximum Gasteiger partial charge on any atom is 0.266 e. The highest BCUT2D eigenvalue weighted by molar-refractivity contribution is 5.99. The Hall–Kier alpha value is -2.82. The van der Waals surface area contributed by atoms with Gasteiger partial charge in [0.2, 0.25) is 5.91 Å². The molecule has 2 amide bonds. The smallest absolute Gasteiger partial charge is 0.266 e. The molecule has 2 aliphatic rings. The van der Waals surface area contributed by atoms with Gasteiger partial charge in [-0.15, -0.1) is 0 Å². The Morgan fingerprint density at radius 1 is 1.19 bits per heavy atom. The summed E-state index contributed by atoms with van der Waals surface area (Å²) in [4.78, 5) is 24.7. The summed E-state index contributed by atoms with van der Waals surface area (Å²) >= 11 is 0. The predicted molar refractivity (Wildman–Crippen MR) is 104 cm³/mol. The quantitative estimate of drug-likeness (QED) is 0.872. The maximum absolute atomic E-state index is 12.5. The lowest BCUT2D eigenvalue weighted by molar-refractivity contribution is -0.130. The van der Waals surface area contributed by atoms with Crippen LogP contribution in [0.2, 0.25) is 0 Å². The van der Waals surface area contributed by atoms with E-state index in [9.17, 15) is 9.59 Å². The molecule has 0 aromatic heterocycles. The van der Waals surface area contributed by atoms with Gasteiger partial charge in [0.05, 0.1) is 18.2 Å². The van der Waals surface area contributed by atoms with Crippen molar-refractivity contribution in [3.8, 4) is 5.75 Å². The molecule has 2 aromatic carbocycles. The highest BCUT2D eigenvalue weighted by Crippen LogP contribution is 2.30. The number of amides is 2. The first kappa shape index (κ1) is 17.6. The molecular formula is C22H24N2O3. The van der Waals surface area contributed by atoms with Crippen molar-refractivity contribution in [1.82, 2.24) is 5.32 Å². The van der Waals surface area contributed by atoms with Crippen molar-refractivity contribution in [1.29, 1.82) is 0 Å². The summed E-state index contributed by atoms with van der Waals surface area (Å²) in [6, 6.07) is 13.6. The second-order valence-electron chi connectivity index (χ2n) is 7.32. The van der Waals surface area contributed by atoms with Crippen LogP contribution >= 0.6 is 0 Å². The van der Waals surface area contributed by atoms with E-state index in [-0.39, 0.29) is 24.3 Å². The van der Waals surface area contributed by atoms with Crippen molar-refractivity contribution < 1.29 is 14.3 Å². The molecule has 140 valence electrons. The molecule has 5 nitrogen and oxygen atoms in total. The highest BCUT2D eigenvalue weighted by atomic mass is 16.5. The minimum atomic E-state index is -0.810. The molecule has 1 heterocycles. The number of rotatable bonds is 4. The van der Waals surface area contributed by atoms with Gasteiger partial charge >= 0.3 is 0 Å². The monoisotopic (exact) mass is 364 g/mol. The number of aryl methyl sites for hydroxylation is 2. The van der Waals surface area contributed by atoms with E-state index in [1.165, 1.54) is 24.0 Å². The van der Waals surface area contributed by atoms with Crippen molar-refractivity contribution >= 4 is 17.5 Å². The predicted octanol–water partition coefficient (Wildman–Crippen LogP) is 3.53. The Bertz CT molecular complexity index is 878. The number of nitrogens with one attached hydrogen (secondary N) is 2. The molecule has 0 bridgehead atoms. The van der Waals surface area contributed by atoms with Gasteiger partial charge in [-0.2, -0.15) is 0 Å². The van der Waals surface area contributed by atoms with Crippen LogP contribution in [-0.4, -0.2) is 17.9 Å². The normalized spacial score (nSPS) is 19.1. The van der Waals surface area contributed by atoms with Crippen LogP contribution in [0.1, 0.15) is 48.9 Å². The number of benzene rings is 2. The molecule has 0 saturated carbocycles. The van der Waals surface area contributed by atoms with Crippen LogP contribution in [0.5, 0.6) is 5.75 Å².